The van der Waals surface area contributed by atoms with Crippen LogP contribution in [-0.2, 0) is 0 Å². The molecule has 92 valence electrons. The predicted octanol–water partition coefficient (Wildman–Crippen LogP) is 3.93. The summed E-state index contributed by atoms with van der Waals surface area (Å²) in [5, 5.41) is 3.83. The SMILES string of the molecule is CC#CCC(NCCC)c1ccc(F)cc1Cl. The van der Waals surface area contributed by atoms with Gasteiger partial charge in [-0.15, -0.1) is 11.8 Å². The molecule has 0 aliphatic heterocycles. The Morgan fingerprint density at radius 1 is 1.47 bits per heavy atom. The summed E-state index contributed by atoms with van der Waals surface area (Å²) in [7, 11) is 0. The highest BCUT2D eigenvalue weighted by atomic mass is 35.5. The zero-order valence-corrected chi connectivity index (χ0v) is 10.9. The van der Waals surface area contributed by atoms with Crippen molar-refractivity contribution in [3.05, 3.63) is 34.6 Å². The molecule has 1 N–H and O–H groups in total. The summed E-state index contributed by atoms with van der Waals surface area (Å²) in [5.41, 5.74) is 0.907. The highest BCUT2D eigenvalue weighted by molar-refractivity contribution is 6.31. The van der Waals surface area contributed by atoms with Crippen molar-refractivity contribution in [2.24, 2.45) is 0 Å². The van der Waals surface area contributed by atoms with Crippen LogP contribution in [0.1, 0.15) is 38.3 Å². The van der Waals surface area contributed by atoms with Gasteiger partial charge in [0.2, 0.25) is 0 Å². The Bertz CT molecular complexity index is 420. The summed E-state index contributed by atoms with van der Waals surface area (Å²) in [5.74, 6) is 5.59. The van der Waals surface area contributed by atoms with Gasteiger partial charge in [0.05, 0.1) is 0 Å². The second-order valence-electron chi connectivity index (χ2n) is 3.80. The maximum Gasteiger partial charge on any atom is 0.124 e. The van der Waals surface area contributed by atoms with Crippen LogP contribution in [0.4, 0.5) is 4.39 Å². The fraction of sp³-hybridized carbons (Fsp3) is 0.429. The van der Waals surface area contributed by atoms with Crippen LogP contribution < -0.4 is 5.32 Å². The van der Waals surface area contributed by atoms with Gasteiger partial charge >= 0.3 is 0 Å². The van der Waals surface area contributed by atoms with E-state index in [2.05, 4.69) is 24.1 Å². The number of rotatable bonds is 5. The monoisotopic (exact) mass is 253 g/mol. The summed E-state index contributed by atoms with van der Waals surface area (Å²) < 4.78 is 13.0. The minimum absolute atomic E-state index is 0.0653. The largest absolute Gasteiger partial charge is 0.309 e. The van der Waals surface area contributed by atoms with Gasteiger partial charge < -0.3 is 5.32 Å². The number of hydrogen-bond acceptors (Lipinski definition) is 1. The van der Waals surface area contributed by atoms with Gasteiger partial charge in [0, 0.05) is 17.5 Å². The Labute approximate surface area is 107 Å². The van der Waals surface area contributed by atoms with E-state index in [4.69, 9.17) is 11.6 Å². The van der Waals surface area contributed by atoms with Crippen LogP contribution in [0, 0.1) is 17.7 Å². The first kappa shape index (κ1) is 14.0. The molecule has 1 aromatic carbocycles. The molecule has 0 spiro atoms. The molecule has 1 rings (SSSR count). The average molecular weight is 254 g/mol. The minimum Gasteiger partial charge on any atom is -0.309 e. The molecule has 0 heterocycles. The van der Waals surface area contributed by atoms with Gasteiger partial charge in [-0.05, 0) is 37.6 Å². The lowest BCUT2D eigenvalue weighted by atomic mass is 10.0. The molecule has 0 aliphatic carbocycles. The molecule has 0 saturated carbocycles. The quantitative estimate of drug-likeness (QED) is 0.784. The second kappa shape index (κ2) is 7.32. The second-order valence-corrected chi connectivity index (χ2v) is 4.21. The topological polar surface area (TPSA) is 12.0 Å². The van der Waals surface area contributed by atoms with Gasteiger partial charge in [-0.3, -0.25) is 0 Å². The molecule has 0 saturated heterocycles. The van der Waals surface area contributed by atoms with E-state index in [0.717, 1.165) is 18.5 Å². The third-order valence-corrected chi connectivity index (χ3v) is 2.79. The Morgan fingerprint density at radius 3 is 2.82 bits per heavy atom. The molecule has 1 atom stereocenters. The first-order chi connectivity index (χ1) is 8.19. The molecule has 0 aromatic heterocycles. The maximum atomic E-state index is 13.0. The van der Waals surface area contributed by atoms with Crippen LogP contribution in [0.5, 0.6) is 0 Å². The molecule has 0 amide bonds. The maximum absolute atomic E-state index is 13.0. The van der Waals surface area contributed by atoms with E-state index in [0.29, 0.717) is 11.4 Å². The molecular formula is C14H17ClFN. The molecule has 3 heteroatoms. The van der Waals surface area contributed by atoms with Crippen molar-refractivity contribution in [3.63, 3.8) is 0 Å². The predicted molar refractivity (Wildman–Crippen MR) is 70.5 cm³/mol. The number of hydrogen-bond donors (Lipinski definition) is 1. The molecule has 1 unspecified atom stereocenters. The Kier molecular flexibility index (Phi) is 6.04. The standard InChI is InChI=1S/C14H17ClFN/c1-3-5-6-14(17-9-4-2)12-8-7-11(16)10-13(12)15/h7-8,10,14,17H,4,6,9H2,1-2H3. The van der Waals surface area contributed by atoms with E-state index in [9.17, 15) is 4.39 Å². The minimum atomic E-state index is -0.311. The zero-order chi connectivity index (χ0) is 12.7. The highest BCUT2D eigenvalue weighted by Gasteiger charge is 2.13. The molecule has 0 aliphatic rings. The van der Waals surface area contributed by atoms with Crippen molar-refractivity contribution in [1.29, 1.82) is 0 Å². The van der Waals surface area contributed by atoms with Crippen molar-refractivity contribution >= 4 is 11.6 Å². The number of benzene rings is 1. The molecule has 0 bridgehead atoms. The van der Waals surface area contributed by atoms with Gasteiger partial charge in [-0.25, -0.2) is 4.39 Å². The summed E-state index contributed by atoms with van der Waals surface area (Å²) in [6.45, 7) is 4.80. The first-order valence-corrected chi connectivity index (χ1v) is 6.14. The highest BCUT2D eigenvalue weighted by Crippen LogP contribution is 2.25. The van der Waals surface area contributed by atoms with Crippen LogP contribution >= 0.6 is 11.6 Å². The Balaban J connectivity index is 2.89. The lowest BCUT2D eigenvalue weighted by Gasteiger charge is -2.17. The molecule has 0 radical (unpaired) electrons. The van der Waals surface area contributed by atoms with Gasteiger partial charge in [-0.1, -0.05) is 24.6 Å². The van der Waals surface area contributed by atoms with Gasteiger partial charge in [0.1, 0.15) is 5.82 Å². The molecule has 0 fully saturated rings. The number of nitrogens with one attached hydrogen (secondary N) is 1. The summed E-state index contributed by atoms with van der Waals surface area (Å²) in [6, 6.07) is 4.57. The van der Waals surface area contributed by atoms with Crippen molar-refractivity contribution < 1.29 is 4.39 Å². The third-order valence-electron chi connectivity index (χ3n) is 2.46. The fourth-order valence-electron chi connectivity index (χ4n) is 1.60. The van der Waals surface area contributed by atoms with E-state index in [1.807, 2.05) is 6.92 Å². The van der Waals surface area contributed by atoms with E-state index in [1.54, 1.807) is 6.07 Å². The lowest BCUT2D eigenvalue weighted by molar-refractivity contribution is 0.540. The summed E-state index contributed by atoms with van der Waals surface area (Å²) in [6.07, 6.45) is 1.72. The first-order valence-electron chi connectivity index (χ1n) is 5.77. The molecule has 1 nitrogen and oxygen atoms in total. The van der Waals surface area contributed by atoms with Crippen LogP contribution in [0.15, 0.2) is 18.2 Å². The van der Waals surface area contributed by atoms with Gasteiger partial charge in [0.15, 0.2) is 0 Å². The summed E-state index contributed by atoms with van der Waals surface area (Å²) in [4.78, 5) is 0. The van der Waals surface area contributed by atoms with Crippen molar-refractivity contribution in [2.45, 2.75) is 32.7 Å². The van der Waals surface area contributed by atoms with Crippen molar-refractivity contribution in [1.82, 2.24) is 5.32 Å². The van der Waals surface area contributed by atoms with E-state index in [1.165, 1.54) is 12.1 Å². The van der Waals surface area contributed by atoms with Gasteiger partial charge in [0.25, 0.3) is 0 Å². The molecule has 17 heavy (non-hydrogen) atoms. The number of halogens is 2. The van der Waals surface area contributed by atoms with Crippen LogP contribution in [0.25, 0.3) is 0 Å². The summed E-state index contributed by atoms with van der Waals surface area (Å²) >= 11 is 6.05. The van der Waals surface area contributed by atoms with Crippen molar-refractivity contribution in [3.8, 4) is 11.8 Å². The normalized spacial score (nSPS) is 11.8. The van der Waals surface area contributed by atoms with Crippen molar-refractivity contribution in [2.75, 3.05) is 6.54 Å². The smallest absolute Gasteiger partial charge is 0.124 e. The Hall–Kier alpha value is -1.04. The lowest BCUT2D eigenvalue weighted by Crippen LogP contribution is -2.22. The van der Waals surface area contributed by atoms with E-state index in [-0.39, 0.29) is 11.9 Å². The third kappa shape index (κ3) is 4.38. The van der Waals surface area contributed by atoms with Crippen LogP contribution in [0.2, 0.25) is 5.02 Å². The van der Waals surface area contributed by atoms with Gasteiger partial charge in [-0.2, -0.15) is 0 Å². The molecule has 1 aromatic rings. The fourth-order valence-corrected chi connectivity index (χ4v) is 1.90. The zero-order valence-electron chi connectivity index (χ0n) is 10.2. The van der Waals surface area contributed by atoms with Crippen LogP contribution in [0.3, 0.4) is 0 Å². The Morgan fingerprint density at radius 2 is 2.24 bits per heavy atom. The average Bonchev–Trinajstić information content (AvgIpc) is 2.30. The molecular weight excluding hydrogens is 237 g/mol. The van der Waals surface area contributed by atoms with E-state index >= 15 is 0 Å². The van der Waals surface area contributed by atoms with Crippen LogP contribution in [-0.4, -0.2) is 6.54 Å². The van der Waals surface area contributed by atoms with E-state index < -0.39 is 0 Å².